The fraction of sp³-hybridized carbons (Fsp3) is 0.556. The van der Waals surface area contributed by atoms with E-state index in [4.69, 9.17) is 0 Å². The molecule has 2 aliphatic heterocycles. The van der Waals surface area contributed by atoms with Crippen LogP contribution in [0.4, 0.5) is 10.5 Å². The van der Waals surface area contributed by atoms with E-state index in [1.165, 1.54) is 12.5 Å². The fourth-order valence-electron chi connectivity index (χ4n) is 3.63. The third-order valence-electron chi connectivity index (χ3n) is 5.11. The molecule has 1 aromatic carbocycles. The molecular weight excluding hydrogens is 336 g/mol. The molecule has 0 aromatic heterocycles. The van der Waals surface area contributed by atoms with Crippen molar-refractivity contribution in [1.29, 1.82) is 0 Å². The Morgan fingerprint density at radius 1 is 0.923 bits per heavy atom. The zero-order chi connectivity index (χ0) is 18.7. The molecule has 8 heteroatoms. The monoisotopic (exact) mass is 360 g/mol. The number of piperidine rings is 1. The van der Waals surface area contributed by atoms with E-state index in [0.29, 0.717) is 31.7 Å². The lowest BCUT2D eigenvalue weighted by molar-refractivity contribution is -0.385. The van der Waals surface area contributed by atoms with Crippen LogP contribution in [0, 0.1) is 17.0 Å². The Hall–Kier alpha value is -2.64. The minimum absolute atomic E-state index is 0.0401. The van der Waals surface area contributed by atoms with Crippen molar-refractivity contribution >= 4 is 17.6 Å². The van der Waals surface area contributed by atoms with Crippen LogP contribution >= 0.6 is 0 Å². The Labute approximate surface area is 152 Å². The topological polar surface area (TPSA) is 87.0 Å². The van der Waals surface area contributed by atoms with E-state index in [2.05, 4.69) is 0 Å². The molecule has 2 aliphatic rings. The van der Waals surface area contributed by atoms with Crippen LogP contribution in [0.3, 0.4) is 0 Å². The second-order valence-electron chi connectivity index (χ2n) is 6.84. The average Bonchev–Trinajstić information content (AvgIpc) is 2.67. The van der Waals surface area contributed by atoms with Gasteiger partial charge in [0.15, 0.2) is 0 Å². The highest BCUT2D eigenvalue weighted by Gasteiger charge is 2.31. The molecule has 0 unspecified atom stereocenters. The molecule has 2 heterocycles. The Kier molecular flexibility index (Phi) is 5.39. The normalized spacial score (nSPS) is 18.0. The molecule has 0 N–H and O–H groups in total. The van der Waals surface area contributed by atoms with E-state index in [9.17, 15) is 19.7 Å². The number of likely N-dealkylation sites (tertiary alicyclic amines) is 1. The summed E-state index contributed by atoms with van der Waals surface area (Å²) in [6.07, 6.45) is 3.25. The van der Waals surface area contributed by atoms with Crippen LogP contribution < -0.4 is 0 Å². The minimum atomic E-state index is -0.501. The van der Waals surface area contributed by atoms with Gasteiger partial charge in [-0.15, -0.1) is 0 Å². The molecule has 3 amide bonds. The summed E-state index contributed by atoms with van der Waals surface area (Å²) in [5.41, 5.74) is 0.454. The zero-order valence-electron chi connectivity index (χ0n) is 15.0. The summed E-state index contributed by atoms with van der Waals surface area (Å²) in [7, 11) is 0. The van der Waals surface area contributed by atoms with Gasteiger partial charge in [0.05, 0.1) is 4.92 Å². The lowest BCUT2D eigenvalue weighted by Gasteiger charge is -2.38. The van der Waals surface area contributed by atoms with E-state index in [1.807, 2.05) is 4.90 Å². The molecule has 0 saturated carbocycles. The molecule has 2 saturated heterocycles. The molecular formula is C18H24N4O4. The van der Waals surface area contributed by atoms with Gasteiger partial charge in [-0.05, 0) is 32.3 Å². The van der Waals surface area contributed by atoms with Crippen LogP contribution in [0.2, 0.25) is 0 Å². The van der Waals surface area contributed by atoms with Crippen molar-refractivity contribution in [3.63, 3.8) is 0 Å². The first kappa shape index (κ1) is 18.2. The average molecular weight is 360 g/mol. The highest BCUT2D eigenvalue weighted by molar-refractivity contribution is 5.98. The van der Waals surface area contributed by atoms with Crippen molar-refractivity contribution < 1.29 is 14.5 Å². The van der Waals surface area contributed by atoms with E-state index >= 15 is 0 Å². The SMILES string of the molecule is Cc1cccc(C(=O)N2CCN(C(=O)N3CCCCC3)CC2)c1[N+](=O)[O-]. The number of carbonyl (C=O) groups is 2. The van der Waals surface area contributed by atoms with Gasteiger partial charge in [-0.25, -0.2) is 4.79 Å². The largest absolute Gasteiger partial charge is 0.335 e. The third kappa shape index (κ3) is 3.63. The number of carbonyl (C=O) groups excluding carboxylic acids is 2. The number of piperazine rings is 1. The maximum atomic E-state index is 12.8. The molecule has 1 aromatic rings. The zero-order valence-corrected chi connectivity index (χ0v) is 15.0. The highest BCUT2D eigenvalue weighted by Crippen LogP contribution is 2.25. The smallest absolute Gasteiger partial charge is 0.320 e. The number of benzene rings is 1. The van der Waals surface area contributed by atoms with Crippen LogP contribution in [-0.4, -0.2) is 70.8 Å². The maximum absolute atomic E-state index is 12.8. The van der Waals surface area contributed by atoms with Gasteiger partial charge < -0.3 is 14.7 Å². The number of amides is 3. The van der Waals surface area contributed by atoms with Crippen LogP contribution in [0.25, 0.3) is 0 Å². The standard InChI is InChI=1S/C18H24N4O4/c1-14-6-5-7-15(16(14)22(25)26)17(23)19-10-12-21(13-11-19)18(24)20-8-3-2-4-9-20/h5-7H,2-4,8-13H2,1H3. The summed E-state index contributed by atoms with van der Waals surface area (Å²) < 4.78 is 0. The van der Waals surface area contributed by atoms with Crippen molar-refractivity contribution in [2.24, 2.45) is 0 Å². The molecule has 0 aliphatic carbocycles. The van der Waals surface area contributed by atoms with Gasteiger partial charge in [-0.1, -0.05) is 12.1 Å². The van der Waals surface area contributed by atoms with Crippen LogP contribution in [0.15, 0.2) is 18.2 Å². The Bertz CT molecular complexity index is 707. The van der Waals surface area contributed by atoms with Crippen molar-refractivity contribution in [3.05, 3.63) is 39.4 Å². The molecule has 140 valence electrons. The summed E-state index contributed by atoms with van der Waals surface area (Å²) in [5.74, 6) is -0.342. The lowest BCUT2D eigenvalue weighted by Crippen LogP contribution is -2.54. The van der Waals surface area contributed by atoms with E-state index in [-0.39, 0.29) is 23.2 Å². The summed E-state index contributed by atoms with van der Waals surface area (Å²) in [5, 5.41) is 11.3. The first-order chi connectivity index (χ1) is 12.5. The van der Waals surface area contributed by atoms with Gasteiger partial charge >= 0.3 is 6.03 Å². The highest BCUT2D eigenvalue weighted by atomic mass is 16.6. The van der Waals surface area contributed by atoms with Gasteiger partial charge in [0, 0.05) is 44.8 Å². The molecule has 26 heavy (non-hydrogen) atoms. The van der Waals surface area contributed by atoms with Crippen molar-refractivity contribution in [2.75, 3.05) is 39.3 Å². The second kappa shape index (κ2) is 7.72. The number of nitrogens with zero attached hydrogens (tertiary/aromatic N) is 4. The predicted molar refractivity (Wildman–Crippen MR) is 96.1 cm³/mol. The van der Waals surface area contributed by atoms with Gasteiger partial charge in [0.2, 0.25) is 0 Å². The number of para-hydroxylation sites is 1. The first-order valence-corrected chi connectivity index (χ1v) is 9.06. The Morgan fingerprint density at radius 2 is 1.50 bits per heavy atom. The predicted octanol–water partition coefficient (Wildman–Crippen LogP) is 2.27. The van der Waals surface area contributed by atoms with E-state index in [1.54, 1.807) is 28.9 Å². The van der Waals surface area contributed by atoms with Gasteiger partial charge in [0.25, 0.3) is 11.6 Å². The van der Waals surface area contributed by atoms with Crippen LogP contribution in [-0.2, 0) is 0 Å². The number of hydrogen-bond donors (Lipinski definition) is 0. The van der Waals surface area contributed by atoms with Crippen molar-refractivity contribution in [2.45, 2.75) is 26.2 Å². The summed E-state index contributed by atoms with van der Waals surface area (Å²) >= 11 is 0. The van der Waals surface area contributed by atoms with Crippen LogP contribution in [0.5, 0.6) is 0 Å². The van der Waals surface area contributed by atoms with Gasteiger partial charge in [-0.2, -0.15) is 0 Å². The van der Waals surface area contributed by atoms with Crippen molar-refractivity contribution in [1.82, 2.24) is 14.7 Å². The summed E-state index contributed by atoms with van der Waals surface area (Å²) in [4.78, 5) is 41.4. The Morgan fingerprint density at radius 3 is 2.12 bits per heavy atom. The fourth-order valence-corrected chi connectivity index (χ4v) is 3.63. The summed E-state index contributed by atoms with van der Waals surface area (Å²) in [6.45, 7) is 4.93. The number of nitro groups is 1. The lowest BCUT2D eigenvalue weighted by atomic mass is 10.1. The van der Waals surface area contributed by atoms with Crippen LogP contribution in [0.1, 0.15) is 35.2 Å². The number of rotatable bonds is 2. The molecule has 3 rings (SSSR count). The second-order valence-corrected chi connectivity index (χ2v) is 6.84. The Balaban J connectivity index is 1.65. The molecule has 0 radical (unpaired) electrons. The third-order valence-corrected chi connectivity index (χ3v) is 5.11. The summed E-state index contributed by atoms with van der Waals surface area (Å²) in [6, 6.07) is 4.83. The molecule has 8 nitrogen and oxygen atoms in total. The van der Waals surface area contributed by atoms with Gasteiger partial charge in [-0.3, -0.25) is 14.9 Å². The number of aryl methyl sites for hydroxylation is 1. The molecule has 2 fully saturated rings. The van der Waals surface area contributed by atoms with E-state index in [0.717, 1.165) is 25.9 Å². The molecule has 0 atom stereocenters. The maximum Gasteiger partial charge on any atom is 0.320 e. The minimum Gasteiger partial charge on any atom is -0.335 e. The number of urea groups is 1. The quantitative estimate of drug-likeness (QED) is 0.598. The van der Waals surface area contributed by atoms with E-state index < -0.39 is 4.92 Å². The van der Waals surface area contributed by atoms with Gasteiger partial charge in [0.1, 0.15) is 5.56 Å². The number of hydrogen-bond acceptors (Lipinski definition) is 4. The molecule has 0 bridgehead atoms. The first-order valence-electron chi connectivity index (χ1n) is 9.06. The van der Waals surface area contributed by atoms with Crippen molar-refractivity contribution in [3.8, 4) is 0 Å². The number of nitro benzene ring substituents is 1. The molecule has 0 spiro atoms.